The SMILES string of the molecule is CC(C)[Si](OCCC(=O)O)(C(C)C)C(C)C. The highest BCUT2D eigenvalue weighted by Gasteiger charge is 2.44. The van der Waals surface area contributed by atoms with Crippen molar-refractivity contribution in [3.05, 3.63) is 0 Å². The van der Waals surface area contributed by atoms with Crippen LogP contribution in [-0.2, 0) is 9.22 Å². The molecule has 0 radical (unpaired) electrons. The van der Waals surface area contributed by atoms with E-state index in [2.05, 4.69) is 41.5 Å². The Hall–Kier alpha value is -0.353. The summed E-state index contributed by atoms with van der Waals surface area (Å²) >= 11 is 0. The molecule has 0 unspecified atom stereocenters. The van der Waals surface area contributed by atoms with Gasteiger partial charge in [-0.05, 0) is 16.6 Å². The van der Waals surface area contributed by atoms with E-state index in [1.165, 1.54) is 0 Å². The van der Waals surface area contributed by atoms with E-state index in [0.717, 1.165) is 0 Å². The number of carbonyl (C=O) groups is 1. The molecule has 1 N–H and O–H groups in total. The summed E-state index contributed by atoms with van der Waals surface area (Å²) in [5, 5.41) is 8.66. The van der Waals surface area contributed by atoms with Crippen molar-refractivity contribution in [3.63, 3.8) is 0 Å². The third kappa shape index (κ3) is 3.59. The zero-order valence-electron chi connectivity index (χ0n) is 11.4. The van der Waals surface area contributed by atoms with Crippen LogP contribution in [0.5, 0.6) is 0 Å². The summed E-state index contributed by atoms with van der Waals surface area (Å²) in [6.07, 6.45) is 0.112. The molecule has 0 spiro atoms. The van der Waals surface area contributed by atoms with Crippen molar-refractivity contribution in [1.29, 1.82) is 0 Å². The lowest BCUT2D eigenvalue weighted by Gasteiger charge is -2.42. The van der Waals surface area contributed by atoms with E-state index in [1.807, 2.05) is 0 Å². The first-order valence-electron chi connectivity index (χ1n) is 6.10. The molecule has 0 aliphatic carbocycles. The molecule has 0 heterocycles. The van der Waals surface area contributed by atoms with Crippen molar-refractivity contribution >= 4 is 14.3 Å². The first-order chi connectivity index (χ1) is 7.25. The maximum absolute atomic E-state index is 10.5. The van der Waals surface area contributed by atoms with Crippen molar-refractivity contribution in [1.82, 2.24) is 0 Å². The van der Waals surface area contributed by atoms with Crippen LogP contribution in [0, 0.1) is 0 Å². The second-order valence-electron chi connectivity index (χ2n) is 5.31. The minimum Gasteiger partial charge on any atom is -0.481 e. The summed E-state index contributed by atoms with van der Waals surface area (Å²) < 4.78 is 6.08. The standard InChI is InChI=1S/C12H26O3Si/c1-9(2)16(10(3)4,11(5)6)15-8-7-12(13)14/h9-11H,7-8H2,1-6H3,(H,13,14). The van der Waals surface area contributed by atoms with E-state index in [4.69, 9.17) is 9.53 Å². The molecule has 0 amide bonds. The van der Waals surface area contributed by atoms with Crippen LogP contribution >= 0.6 is 0 Å². The van der Waals surface area contributed by atoms with Crippen LogP contribution in [0.1, 0.15) is 48.0 Å². The molecule has 0 aromatic heterocycles. The van der Waals surface area contributed by atoms with Gasteiger partial charge in [-0.25, -0.2) is 0 Å². The molecular formula is C12H26O3Si. The molecular weight excluding hydrogens is 220 g/mol. The van der Waals surface area contributed by atoms with Crippen molar-refractivity contribution in [2.45, 2.75) is 64.6 Å². The van der Waals surface area contributed by atoms with Gasteiger partial charge in [0.1, 0.15) is 0 Å². The van der Waals surface area contributed by atoms with Gasteiger partial charge in [0.25, 0.3) is 0 Å². The van der Waals surface area contributed by atoms with Gasteiger partial charge in [0, 0.05) is 6.61 Å². The zero-order chi connectivity index (χ0) is 12.9. The molecule has 0 rings (SSSR count). The lowest BCUT2D eigenvalue weighted by Crippen LogP contribution is -2.48. The van der Waals surface area contributed by atoms with E-state index >= 15 is 0 Å². The summed E-state index contributed by atoms with van der Waals surface area (Å²) in [4.78, 5) is 10.5. The monoisotopic (exact) mass is 246 g/mol. The summed E-state index contributed by atoms with van der Waals surface area (Å²) in [5.41, 5.74) is 1.55. The third-order valence-corrected chi connectivity index (χ3v) is 9.49. The van der Waals surface area contributed by atoms with Crippen LogP contribution in [0.2, 0.25) is 16.6 Å². The van der Waals surface area contributed by atoms with Crippen molar-refractivity contribution < 1.29 is 14.3 Å². The van der Waals surface area contributed by atoms with E-state index in [9.17, 15) is 4.79 Å². The minimum atomic E-state index is -1.86. The maximum Gasteiger partial charge on any atom is 0.305 e. The molecule has 0 saturated heterocycles. The Balaban J connectivity index is 4.70. The fourth-order valence-corrected chi connectivity index (χ4v) is 8.27. The Morgan fingerprint density at radius 2 is 1.44 bits per heavy atom. The number of rotatable bonds is 7. The zero-order valence-corrected chi connectivity index (χ0v) is 12.4. The van der Waals surface area contributed by atoms with Crippen LogP contribution in [0.15, 0.2) is 0 Å². The summed E-state index contributed by atoms with van der Waals surface area (Å²) in [5.74, 6) is -0.779. The van der Waals surface area contributed by atoms with Crippen LogP contribution in [0.4, 0.5) is 0 Å². The quantitative estimate of drug-likeness (QED) is 0.697. The number of aliphatic carboxylic acids is 1. The lowest BCUT2D eigenvalue weighted by atomic mass is 10.5. The van der Waals surface area contributed by atoms with Gasteiger partial charge in [0.15, 0.2) is 8.32 Å². The predicted molar refractivity (Wildman–Crippen MR) is 69.3 cm³/mol. The van der Waals surface area contributed by atoms with E-state index < -0.39 is 14.3 Å². The largest absolute Gasteiger partial charge is 0.481 e. The number of carboxylic acids is 1. The Kier molecular flexibility index (Phi) is 6.26. The van der Waals surface area contributed by atoms with E-state index in [0.29, 0.717) is 23.2 Å². The molecule has 0 atom stereocenters. The number of carboxylic acid groups (broad SMARTS) is 1. The van der Waals surface area contributed by atoms with E-state index in [1.54, 1.807) is 0 Å². The molecule has 96 valence electrons. The Morgan fingerprint density at radius 1 is 1.06 bits per heavy atom. The van der Waals surface area contributed by atoms with Gasteiger partial charge < -0.3 is 9.53 Å². The molecule has 0 saturated carbocycles. The summed E-state index contributed by atoms with van der Waals surface area (Å²) in [6.45, 7) is 13.6. The minimum absolute atomic E-state index is 0.112. The van der Waals surface area contributed by atoms with Crippen LogP contribution in [0.3, 0.4) is 0 Å². The second kappa shape index (κ2) is 6.40. The summed E-state index contributed by atoms with van der Waals surface area (Å²) in [6, 6.07) is 0. The van der Waals surface area contributed by atoms with Gasteiger partial charge in [0.2, 0.25) is 0 Å². The third-order valence-electron chi connectivity index (χ3n) is 3.38. The van der Waals surface area contributed by atoms with Gasteiger partial charge in [-0.1, -0.05) is 41.5 Å². The Morgan fingerprint density at radius 3 is 1.69 bits per heavy atom. The van der Waals surface area contributed by atoms with Gasteiger partial charge in [0.05, 0.1) is 6.42 Å². The normalized spacial score (nSPS) is 12.8. The Labute approximate surface area is 100 Å². The molecule has 3 nitrogen and oxygen atoms in total. The van der Waals surface area contributed by atoms with Gasteiger partial charge in [-0.3, -0.25) is 4.79 Å². The fourth-order valence-electron chi connectivity index (χ4n) is 2.82. The predicted octanol–water partition coefficient (Wildman–Crippen LogP) is 3.65. The molecule has 16 heavy (non-hydrogen) atoms. The highest BCUT2D eigenvalue weighted by atomic mass is 28.4. The number of hydrogen-bond acceptors (Lipinski definition) is 2. The van der Waals surface area contributed by atoms with Crippen molar-refractivity contribution in [2.75, 3.05) is 6.61 Å². The van der Waals surface area contributed by atoms with Gasteiger partial charge in [-0.15, -0.1) is 0 Å². The van der Waals surface area contributed by atoms with E-state index in [-0.39, 0.29) is 6.42 Å². The van der Waals surface area contributed by atoms with Gasteiger partial charge >= 0.3 is 5.97 Å². The number of hydrogen-bond donors (Lipinski definition) is 1. The molecule has 4 heteroatoms. The topological polar surface area (TPSA) is 46.5 Å². The fraction of sp³-hybridized carbons (Fsp3) is 0.917. The van der Waals surface area contributed by atoms with Crippen LogP contribution < -0.4 is 0 Å². The first kappa shape index (κ1) is 15.6. The molecule has 0 aliphatic rings. The average Bonchev–Trinajstić information content (AvgIpc) is 2.09. The second-order valence-corrected chi connectivity index (χ2v) is 10.8. The van der Waals surface area contributed by atoms with Crippen molar-refractivity contribution in [3.8, 4) is 0 Å². The smallest absolute Gasteiger partial charge is 0.305 e. The van der Waals surface area contributed by atoms with Crippen LogP contribution in [0.25, 0.3) is 0 Å². The lowest BCUT2D eigenvalue weighted by molar-refractivity contribution is -0.137. The Bertz CT molecular complexity index is 203. The summed E-state index contributed by atoms with van der Waals surface area (Å²) in [7, 11) is -1.86. The first-order valence-corrected chi connectivity index (χ1v) is 8.24. The molecule has 0 aromatic carbocycles. The maximum atomic E-state index is 10.5. The highest BCUT2D eigenvalue weighted by molar-refractivity contribution is 6.77. The average molecular weight is 246 g/mol. The highest BCUT2D eigenvalue weighted by Crippen LogP contribution is 2.42. The molecule has 0 bridgehead atoms. The molecule has 0 fully saturated rings. The molecule has 0 aromatic rings. The van der Waals surface area contributed by atoms with Gasteiger partial charge in [-0.2, -0.15) is 0 Å². The van der Waals surface area contributed by atoms with Crippen molar-refractivity contribution in [2.24, 2.45) is 0 Å². The van der Waals surface area contributed by atoms with Crippen LogP contribution in [-0.4, -0.2) is 26.0 Å². The molecule has 0 aliphatic heterocycles.